The highest BCUT2D eigenvalue weighted by Gasteiger charge is 2.23. The summed E-state index contributed by atoms with van der Waals surface area (Å²) in [6, 6.07) is 12.3. The summed E-state index contributed by atoms with van der Waals surface area (Å²) in [5.74, 6) is -0.763. The van der Waals surface area contributed by atoms with Gasteiger partial charge in [-0.05, 0) is 43.7 Å². The van der Waals surface area contributed by atoms with Gasteiger partial charge in [-0.3, -0.25) is 9.36 Å². The first-order valence-electron chi connectivity index (χ1n) is 10.1. The normalized spacial score (nSPS) is 11.6. The third-order valence-corrected chi connectivity index (χ3v) is 5.25. The molecule has 4 rings (SSSR count). The van der Waals surface area contributed by atoms with E-state index in [9.17, 15) is 19.7 Å². The summed E-state index contributed by atoms with van der Waals surface area (Å²) in [4.78, 5) is 25.9. The molecule has 0 spiro atoms. The highest BCUT2D eigenvalue weighted by molar-refractivity contribution is 5.82. The number of nitrogens with zero attached hydrogens (tertiary/aromatic N) is 6. The molecule has 0 saturated heterocycles. The highest BCUT2D eigenvalue weighted by Crippen LogP contribution is 2.26. The Morgan fingerprint density at radius 3 is 2.59 bits per heavy atom. The summed E-state index contributed by atoms with van der Waals surface area (Å²) in [5.41, 5.74) is 12.1. The number of benzene rings is 2. The topological polar surface area (TPSA) is 172 Å². The lowest BCUT2D eigenvalue weighted by Gasteiger charge is -2.21. The van der Waals surface area contributed by atoms with E-state index in [-0.39, 0.29) is 39.9 Å². The molecule has 34 heavy (non-hydrogen) atoms. The molecular weight excluding hydrogens is 437 g/mol. The van der Waals surface area contributed by atoms with Crippen LogP contribution in [-0.2, 0) is 0 Å². The van der Waals surface area contributed by atoms with Crippen molar-refractivity contribution in [2.75, 3.05) is 16.8 Å². The number of halogens is 1. The molecule has 0 aliphatic rings. The number of rotatable bonds is 4. The molecule has 0 bridgehead atoms. The van der Waals surface area contributed by atoms with Crippen molar-refractivity contribution in [2.45, 2.75) is 19.9 Å². The molecule has 0 fully saturated rings. The number of fused-ring (bicyclic) bond motifs is 1. The van der Waals surface area contributed by atoms with Crippen LogP contribution in [0, 0.1) is 35.4 Å². The SMILES string of the molecule is Cc1ccc(F)c2nc(C(C)Nc3nc(N)nc(N)c3C#N)n(-c3cccc(C#N)c3)c(=O)c12. The van der Waals surface area contributed by atoms with E-state index >= 15 is 0 Å². The number of aromatic nitrogens is 4. The predicted molar refractivity (Wildman–Crippen MR) is 124 cm³/mol. The first-order chi connectivity index (χ1) is 16.2. The van der Waals surface area contributed by atoms with Crippen molar-refractivity contribution in [3.05, 3.63) is 75.1 Å². The fourth-order valence-corrected chi connectivity index (χ4v) is 3.66. The largest absolute Gasteiger partial charge is 0.382 e. The molecule has 0 amide bonds. The maximum absolute atomic E-state index is 14.7. The van der Waals surface area contributed by atoms with Crippen molar-refractivity contribution in [3.63, 3.8) is 0 Å². The summed E-state index contributed by atoms with van der Waals surface area (Å²) in [6.07, 6.45) is 0. The molecule has 1 unspecified atom stereocenters. The predicted octanol–water partition coefficient (Wildman–Crippen LogP) is 2.70. The number of nitrogen functional groups attached to an aromatic ring is 2. The number of hydrogen-bond donors (Lipinski definition) is 3. The van der Waals surface area contributed by atoms with Crippen LogP contribution in [0.15, 0.2) is 41.2 Å². The molecule has 0 aliphatic heterocycles. The molecule has 5 N–H and O–H groups in total. The third kappa shape index (κ3) is 3.72. The summed E-state index contributed by atoms with van der Waals surface area (Å²) in [7, 11) is 0. The van der Waals surface area contributed by atoms with E-state index in [0.717, 1.165) is 0 Å². The van der Waals surface area contributed by atoms with Gasteiger partial charge < -0.3 is 16.8 Å². The van der Waals surface area contributed by atoms with Gasteiger partial charge in [0.1, 0.15) is 34.6 Å². The van der Waals surface area contributed by atoms with Gasteiger partial charge in [0.05, 0.1) is 28.7 Å². The summed E-state index contributed by atoms with van der Waals surface area (Å²) in [5, 5.41) is 21.9. The maximum atomic E-state index is 14.7. The van der Waals surface area contributed by atoms with E-state index in [1.807, 2.05) is 12.1 Å². The molecule has 0 radical (unpaired) electrons. The molecule has 0 aliphatic carbocycles. The average Bonchev–Trinajstić information content (AvgIpc) is 2.80. The van der Waals surface area contributed by atoms with Gasteiger partial charge in [0.2, 0.25) is 5.95 Å². The van der Waals surface area contributed by atoms with E-state index < -0.39 is 17.4 Å². The average molecular weight is 455 g/mol. The van der Waals surface area contributed by atoms with Crippen molar-refractivity contribution in [3.8, 4) is 17.8 Å². The smallest absolute Gasteiger partial charge is 0.266 e. The molecule has 1 atom stereocenters. The Balaban J connectivity index is 2.00. The molecule has 0 saturated carbocycles. The van der Waals surface area contributed by atoms with Gasteiger partial charge in [-0.15, -0.1) is 0 Å². The van der Waals surface area contributed by atoms with E-state index in [2.05, 4.69) is 20.3 Å². The van der Waals surface area contributed by atoms with E-state index in [1.54, 1.807) is 32.0 Å². The number of nitrogens with one attached hydrogen (secondary N) is 1. The van der Waals surface area contributed by atoms with Crippen LogP contribution in [-0.4, -0.2) is 19.5 Å². The van der Waals surface area contributed by atoms with Gasteiger partial charge in [0, 0.05) is 0 Å². The summed E-state index contributed by atoms with van der Waals surface area (Å²) in [6.45, 7) is 3.34. The zero-order valence-corrected chi connectivity index (χ0v) is 18.2. The zero-order valence-electron chi connectivity index (χ0n) is 18.2. The van der Waals surface area contributed by atoms with Crippen LogP contribution in [0.2, 0.25) is 0 Å². The number of aryl methyl sites for hydroxylation is 1. The second-order valence-electron chi connectivity index (χ2n) is 7.53. The Morgan fingerprint density at radius 2 is 1.88 bits per heavy atom. The van der Waals surface area contributed by atoms with E-state index in [4.69, 9.17) is 11.5 Å². The number of hydrogen-bond acceptors (Lipinski definition) is 9. The number of nitrogens with two attached hydrogens (primary N) is 2. The van der Waals surface area contributed by atoms with Gasteiger partial charge in [-0.2, -0.15) is 20.5 Å². The Hall–Kier alpha value is -5.03. The standard InChI is InChI=1S/C23H18FN9O/c1-11-6-7-16(24)18-17(11)22(34)33(14-5-3-4-13(8-14)9-25)21(30-18)12(2)29-20-15(10-26)19(27)31-23(28)32-20/h3-8,12H,1-2H3,(H5,27,28,29,31,32). The van der Waals surface area contributed by atoms with Crippen LogP contribution in [0.3, 0.4) is 0 Å². The lowest BCUT2D eigenvalue weighted by atomic mass is 10.1. The minimum Gasteiger partial charge on any atom is -0.382 e. The highest BCUT2D eigenvalue weighted by atomic mass is 19.1. The summed E-state index contributed by atoms with van der Waals surface area (Å²) >= 11 is 0. The maximum Gasteiger partial charge on any atom is 0.266 e. The second kappa shape index (κ2) is 8.48. The van der Waals surface area contributed by atoms with Crippen LogP contribution >= 0.6 is 0 Å². The molecule has 2 heterocycles. The van der Waals surface area contributed by atoms with Crippen LogP contribution < -0.4 is 22.3 Å². The van der Waals surface area contributed by atoms with Gasteiger partial charge in [-0.1, -0.05) is 12.1 Å². The first kappa shape index (κ1) is 22.2. The molecule has 2 aromatic carbocycles. The Kier molecular flexibility index (Phi) is 5.53. The van der Waals surface area contributed by atoms with Crippen LogP contribution in [0.1, 0.15) is 35.5 Å². The monoisotopic (exact) mass is 455 g/mol. The molecule has 4 aromatic rings. The lowest BCUT2D eigenvalue weighted by molar-refractivity contribution is 0.631. The van der Waals surface area contributed by atoms with Gasteiger partial charge in [-0.25, -0.2) is 9.37 Å². The van der Waals surface area contributed by atoms with Gasteiger partial charge in [0.25, 0.3) is 5.56 Å². The minimum atomic E-state index is -0.774. The number of nitriles is 2. The van der Waals surface area contributed by atoms with Crippen molar-refractivity contribution in [2.24, 2.45) is 0 Å². The fourth-order valence-electron chi connectivity index (χ4n) is 3.66. The van der Waals surface area contributed by atoms with Gasteiger partial charge in [0.15, 0.2) is 5.82 Å². The third-order valence-electron chi connectivity index (χ3n) is 5.25. The van der Waals surface area contributed by atoms with Crippen molar-refractivity contribution < 1.29 is 4.39 Å². The fraction of sp³-hybridized carbons (Fsp3) is 0.130. The minimum absolute atomic E-state index is 0.0377. The molecule has 11 heteroatoms. The van der Waals surface area contributed by atoms with Gasteiger partial charge >= 0.3 is 0 Å². The second-order valence-corrected chi connectivity index (χ2v) is 7.53. The Bertz CT molecular complexity index is 1600. The summed E-state index contributed by atoms with van der Waals surface area (Å²) < 4.78 is 16.0. The van der Waals surface area contributed by atoms with Crippen LogP contribution in [0.25, 0.3) is 16.6 Å². The quantitative estimate of drug-likeness (QED) is 0.418. The molecule has 168 valence electrons. The molecular formula is C23H18FN9O. The van der Waals surface area contributed by atoms with Crippen LogP contribution in [0.4, 0.5) is 22.0 Å². The van der Waals surface area contributed by atoms with E-state index in [1.165, 1.54) is 22.8 Å². The van der Waals surface area contributed by atoms with Crippen molar-refractivity contribution in [1.29, 1.82) is 10.5 Å². The first-order valence-corrected chi connectivity index (χ1v) is 10.1. The van der Waals surface area contributed by atoms with Crippen molar-refractivity contribution >= 4 is 28.5 Å². The van der Waals surface area contributed by atoms with Crippen molar-refractivity contribution in [1.82, 2.24) is 19.5 Å². The molecule has 2 aromatic heterocycles. The number of anilines is 3. The Labute approximate surface area is 192 Å². The van der Waals surface area contributed by atoms with Crippen LogP contribution in [0.5, 0.6) is 0 Å². The lowest BCUT2D eigenvalue weighted by Crippen LogP contribution is -2.28. The zero-order chi connectivity index (χ0) is 24.6. The molecule has 10 nitrogen and oxygen atoms in total. The van der Waals surface area contributed by atoms with E-state index in [0.29, 0.717) is 16.8 Å². The Morgan fingerprint density at radius 1 is 1.12 bits per heavy atom.